The molecule has 50 heavy (non-hydrogen) atoms. The molecule has 0 fully saturated rings. The summed E-state index contributed by atoms with van der Waals surface area (Å²) in [7, 11) is -4.39. The van der Waals surface area contributed by atoms with Gasteiger partial charge in [0.05, 0.1) is 13.2 Å². The monoisotopic (exact) mass is 728 g/mol. The van der Waals surface area contributed by atoms with E-state index in [0.717, 1.165) is 44.9 Å². The van der Waals surface area contributed by atoms with Crippen LogP contribution in [0.3, 0.4) is 0 Å². The normalized spacial score (nSPS) is 13.8. The zero-order valence-corrected chi connectivity index (χ0v) is 32.8. The average Bonchev–Trinajstić information content (AvgIpc) is 3.10. The lowest BCUT2D eigenvalue weighted by Gasteiger charge is -2.19. The number of rotatable bonds is 37. The molecule has 0 spiro atoms. The molecule has 0 saturated carbocycles. The highest BCUT2D eigenvalue weighted by molar-refractivity contribution is 7.47. The Morgan fingerprint density at radius 3 is 1.64 bits per heavy atom. The molecule has 10 heteroatoms. The molecular formula is C40H74NO8P. The maximum atomic E-state index is 12.5. The predicted octanol–water partition coefficient (Wildman–Crippen LogP) is 11.0. The van der Waals surface area contributed by atoms with Gasteiger partial charge in [0.25, 0.3) is 0 Å². The number of nitrogens with two attached hydrogens (primary N) is 1. The Bertz CT molecular complexity index is 923. The summed E-state index contributed by atoms with van der Waals surface area (Å²) in [5, 5.41) is 0. The van der Waals surface area contributed by atoms with Gasteiger partial charge in [0, 0.05) is 19.0 Å². The molecule has 3 N–H and O–H groups in total. The minimum absolute atomic E-state index is 0.0416. The first-order valence-corrected chi connectivity index (χ1v) is 21.5. The second-order valence-electron chi connectivity index (χ2n) is 13.2. The van der Waals surface area contributed by atoms with Gasteiger partial charge in [-0.2, -0.15) is 0 Å². The van der Waals surface area contributed by atoms with E-state index in [0.29, 0.717) is 6.42 Å². The van der Waals surface area contributed by atoms with Gasteiger partial charge in [-0.15, -0.1) is 0 Å². The fourth-order valence-electron chi connectivity index (χ4n) is 5.37. The molecule has 9 nitrogen and oxygen atoms in total. The Morgan fingerprint density at radius 2 is 1.12 bits per heavy atom. The first-order chi connectivity index (χ1) is 24.3. The zero-order chi connectivity index (χ0) is 36.8. The van der Waals surface area contributed by atoms with E-state index in [1.807, 2.05) is 12.2 Å². The second-order valence-corrected chi connectivity index (χ2v) is 14.7. The molecule has 292 valence electrons. The number of phosphoric ester groups is 1. The van der Waals surface area contributed by atoms with Crippen LogP contribution in [0.2, 0.25) is 0 Å². The number of allylic oxidation sites excluding steroid dienone is 5. The van der Waals surface area contributed by atoms with Gasteiger partial charge >= 0.3 is 19.8 Å². The zero-order valence-electron chi connectivity index (χ0n) is 31.9. The van der Waals surface area contributed by atoms with Crippen LogP contribution in [0.4, 0.5) is 0 Å². The van der Waals surface area contributed by atoms with E-state index in [-0.39, 0.29) is 26.2 Å². The molecule has 0 aliphatic heterocycles. The fourth-order valence-corrected chi connectivity index (χ4v) is 6.13. The van der Waals surface area contributed by atoms with Crippen molar-refractivity contribution >= 4 is 19.8 Å². The van der Waals surface area contributed by atoms with Crippen LogP contribution in [0.25, 0.3) is 0 Å². The van der Waals surface area contributed by atoms with Gasteiger partial charge < -0.3 is 20.1 Å². The van der Waals surface area contributed by atoms with Crippen LogP contribution < -0.4 is 5.73 Å². The minimum atomic E-state index is -4.39. The van der Waals surface area contributed by atoms with Gasteiger partial charge in [-0.25, -0.2) is 9.36 Å². The van der Waals surface area contributed by atoms with Crippen LogP contribution in [0.1, 0.15) is 174 Å². The van der Waals surface area contributed by atoms with Crippen LogP contribution in [0.15, 0.2) is 36.5 Å². The first kappa shape index (κ1) is 48.2. The Kier molecular flexibility index (Phi) is 35.7. The lowest BCUT2D eigenvalue weighted by Crippen LogP contribution is -2.29. The molecule has 0 radical (unpaired) electrons. The number of unbranched alkanes of at least 4 members (excludes halogenated alkanes) is 21. The summed E-state index contributed by atoms with van der Waals surface area (Å²) in [6, 6.07) is 0. The third-order valence-electron chi connectivity index (χ3n) is 8.35. The summed E-state index contributed by atoms with van der Waals surface area (Å²) in [6.45, 7) is 3.58. The first-order valence-electron chi connectivity index (χ1n) is 20.0. The van der Waals surface area contributed by atoms with E-state index >= 15 is 0 Å². The molecule has 2 atom stereocenters. The minimum Gasteiger partial charge on any atom is -0.458 e. The van der Waals surface area contributed by atoms with E-state index in [4.69, 9.17) is 24.3 Å². The van der Waals surface area contributed by atoms with Gasteiger partial charge in [0.1, 0.15) is 6.61 Å². The third-order valence-corrected chi connectivity index (χ3v) is 9.34. The van der Waals surface area contributed by atoms with Crippen molar-refractivity contribution in [3.63, 3.8) is 0 Å². The SMILES string of the molecule is CCCCCCC/C=C/CCCCCCCC(=O)O[C@H](COC(=O)/C=C/C=C/CCCCCCCCCCCCC)COP(=O)(O)OCCN. The molecule has 1 unspecified atom stereocenters. The van der Waals surface area contributed by atoms with E-state index in [9.17, 15) is 19.0 Å². The molecule has 0 aromatic rings. The molecule has 0 amide bonds. The summed E-state index contributed by atoms with van der Waals surface area (Å²) in [6.07, 6.45) is 39.5. The van der Waals surface area contributed by atoms with Crippen molar-refractivity contribution in [2.24, 2.45) is 5.73 Å². The number of carbonyl (C=O) groups is 2. The Hall–Kier alpha value is -1.77. The fraction of sp³-hybridized carbons (Fsp3) is 0.800. The Balaban J connectivity index is 4.32. The quantitative estimate of drug-likeness (QED) is 0.0160. The summed E-state index contributed by atoms with van der Waals surface area (Å²) in [5.41, 5.74) is 5.33. The van der Waals surface area contributed by atoms with Gasteiger partial charge in [0.2, 0.25) is 0 Å². The van der Waals surface area contributed by atoms with Crippen LogP contribution in [0.5, 0.6) is 0 Å². The number of hydrogen-bond donors (Lipinski definition) is 2. The Morgan fingerprint density at radius 1 is 0.640 bits per heavy atom. The van der Waals surface area contributed by atoms with E-state index < -0.39 is 32.5 Å². The largest absolute Gasteiger partial charge is 0.472 e. The van der Waals surface area contributed by atoms with E-state index in [2.05, 4.69) is 26.0 Å². The average molecular weight is 728 g/mol. The lowest BCUT2D eigenvalue weighted by atomic mass is 10.1. The van der Waals surface area contributed by atoms with Gasteiger partial charge in [-0.3, -0.25) is 13.8 Å². The van der Waals surface area contributed by atoms with Crippen molar-refractivity contribution in [1.82, 2.24) is 0 Å². The number of carbonyl (C=O) groups excluding carboxylic acids is 2. The van der Waals surface area contributed by atoms with E-state index in [1.165, 1.54) is 109 Å². The van der Waals surface area contributed by atoms with Gasteiger partial charge in [-0.1, -0.05) is 153 Å². The maximum absolute atomic E-state index is 12.5. The van der Waals surface area contributed by atoms with E-state index in [1.54, 1.807) is 6.08 Å². The molecular weight excluding hydrogens is 653 g/mol. The molecule has 0 aromatic heterocycles. The van der Waals surface area contributed by atoms with Crippen LogP contribution in [-0.4, -0.2) is 49.3 Å². The smallest absolute Gasteiger partial charge is 0.458 e. The molecule has 0 aliphatic carbocycles. The second kappa shape index (κ2) is 37.0. The number of esters is 2. The molecule has 0 aromatic carbocycles. The van der Waals surface area contributed by atoms with Crippen molar-refractivity contribution in [3.05, 3.63) is 36.5 Å². The highest BCUT2D eigenvalue weighted by Crippen LogP contribution is 2.43. The lowest BCUT2D eigenvalue weighted by molar-refractivity contribution is -0.159. The van der Waals surface area contributed by atoms with Crippen molar-refractivity contribution in [3.8, 4) is 0 Å². The number of phosphoric acid groups is 1. The molecule has 0 aliphatic rings. The molecule has 0 heterocycles. The van der Waals surface area contributed by atoms with Crippen LogP contribution in [-0.2, 0) is 32.7 Å². The maximum Gasteiger partial charge on any atom is 0.472 e. The predicted molar refractivity (Wildman–Crippen MR) is 206 cm³/mol. The van der Waals surface area contributed by atoms with Crippen molar-refractivity contribution in [1.29, 1.82) is 0 Å². The van der Waals surface area contributed by atoms with Gasteiger partial charge in [0.15, 0.2) is 6.10 Å². The molecule has 0 saturated heterocycles. The summed E-state index contributed by atoms with van der Waals surface area (Å²) in [4.78, 5) is 34.6. The van der Waals surface area contributed by atoms with Crippen molar-refractivity contribution < 1.29 is 37.6 Å². The molecule has 0 rings (SSSR count). The van der Waals surface area contributed by atoms with Crippen molar-refractivity contribution in [2.75, 3.05) is 26.4 Å². The number of ether oxygens (including phenoxy) is 2. The summed E-state index contributed by atoms with van der Waals surface area (Å²) in [5.74, 6) is -1.09. The third kappa shape index (κ3) is 36.0. The Labute approximate surface area is 305 Å². The standard InChI is InChI=1S/C40H74NO8P/c1-3-5-7-9-11-13-15-17-19-21-22-24-26-28-30-32-39(42)46-36-38(37-48-50(44,45)47-35-34-41)49-40(43)33-31-29-27-25-23-20-18-16-14-12-10-8-6-4-2/h16,18,26,28,30,32,38H,3-15,17,19-25,27,29,31,33-37,41H2,1-2H3,(H,44,45)/b18-16+,28-26+,32-30+/t38-/m1/s1. The number of hydrogen-bond acceptors (Lipinski definition) is 8. The topological polar surface area (TPSA) is 134 Å². The van der Waals surface area contributed by atoms with Crippen LogP contribution >= 0.6 is 7.82 Å². The highest BCUT2D eigenvalue weighted by Gasteiger charge is 2.25. The molecule has 0 bridgehead atoms. The highest BCUT2D eigenvalue weighted by atomic mass is 31.2. The summed E-state index contributed by atoms with van der Waals surface area (Å²) >= 11 is 0. The summed E-state index contributed by atoms with van der Waals surface area (Å²) < 4.78 is 32.5. The van der Waals surface area contributed by atoms with Gasteiger partial charge in [-0.05, 0) is 44.9 Å². The van der Waals surface area contributed by atoms with Crippen molar-refractivity contribution in [2.45, 2.75) is 180 Å². The van der Waals surface area contributed by atoms with Crippen LogP contribution in [0, 0.1) is 0 Å².